The average Bonchev–Trinajstić information content (AvgIpc) is 3.17. The molecule has 0 spiro atoms. The highest BCUT2D eigenvalue weighted by atomic mass is 16.4. The second-order valence-electron chi connectivity index (χ2n) is 5.96. The SMILES string of the molecule is O=C(CNC1C2CCC(C2)C1C(=O)O)NCc1ccco1. The van der Waals surface area contributed by atoms with Crippen LogP contribution in [0.5, 0.6) is 0 Å². The second kappa shape index (κ2) is 5.89. The van der Waals surface area contributed by atoms with Crippen molar-refractivity contribution in [2.45, 2.75) is 31.8 Å². The average molecular weight is 292 g/mol. The molecule has 2 bridgehead atoms. The quantitative estimate of drug-likeness (QED) is 0.727. The maximum absolute atomic E-state index is 11.8. The van der Waals surface area contributed by atoms with E-state index in [1.165, 1.54) is 0 Å². The highest BCUT2D eigenvalue weighted by molar-refractivity contribution is 5.78. The van der Waals surface area contributed by atoms with Gasteiger partial charge >= 0.3 is 5.97 Å². The minimum atomic E-state index is -0.740. The molecule has 6 heteroatoms. The van der Waals surface area contributed by atoms with Crippen LogP contribution in [0.4, 0.5) is 0 Å². The Balaban J connectivity index is 1.48. The van der Waals surface area contributed by atoms with E-state index in [9.17, 15) is 14.7 Å². The van der Waals surface area contributed by atoms with E-state index in [1.807, 2.05) is 0 Å². The van der Waals surface area contributed by atoms with Gasteiger partial charge in [0.1, 0.15) is 5.76 Å². The first kappa shape index (κ1) is 14.1. The fourth-order valence-corrected chi connectivity index (χ4v) is 3.81. The summed E-state index contributed by atoms with van der Waals surface area (Å²) in [6.45, 7) is 0.505. The summed E-state index contributed by atoms with van der Waals surface area (Å²) in [5.74, 6) is 0.146. The zero-order chi connectivity index (χ0) is 14.8. The molecule has 6 nitrogen and oxygen atoms in total. The smallest absolute Gasteiger partial charge is 0.308 e. The van der Waals surface area contributed by atoms with Gasteiger partial charge in [0, 0.05) is 6.04 Å². The van der Waals surface area contributed by atoms with Crippen molar-refractivity contribution in [3.05, 3.63) is 24.2 Å². The molecule has 2 aliphatic carbocycles. The van der Waals surface area contributed by atoms with Gasteiger partial charge in [-0.05, 0) is 43.2 Å². The van der Waals surface area contributed by atoms with E-state index in [4.69, 9.17) is 4.42 Å². The summed E-state index contributed by atoms with van der Waals surface area (Å²) in [6.07, 6.45) is 4.61. The number of fused-ring (bicyclic) bond motifs is 2. The molecule has 0 saturated heterocycles. The first-order valence-corrected chi connectivity index (χ1v) is 7.40. The zero-order valence-electron chi connectivity index (χ0n) is 11.7. The van der Waals surface area contributed by atoms with E-state index in [0.29, 0.717) is 18.2 Å². The number of nitrogens with one attached hydrogen (secondary N) is 2. The Hall–Kier alpha value is -1.82. The molecular weight excluding hydrogens is 272 g/mol. The van der Waals surface area contributed by atoms with Crippen molar-refractivity contribution in [1.29, 1.82) is 0 Å². The summed E-state index contributed by atoms with van der Waals surface area (Å²) < 4.78 is 5.14. The molecule has 2 aliphatic rings. The number of amides is 1. The van der Waals surface area contributed by atoms with E-state index in [0.717, 1.165) is 19.3 Å². The second-order valence-corrected chi connectivity index (χ2v) is 5.96. The molecule has 114 valence electrons. The minimum absolute atomic E-state index is 0.0735. The van der Waals surface area contributed by atoms with Crippen LogP contribution < -0.4 is 10.6 Å². The number of rotatable bonds is 6. The summed E-state index contributed by atoms with van der Waals surface area (Å²) in [6, 6.07) is 3.49. The summed E-state index contributed by atoms with van der Waals surface area (Å²) >= 11 is 0. The zero-order valence-corrected chi connectivity index (χ0v) is 11.7. The van der Waals surface area contributed by atoms with Gasteiger partial charge in [0.25, 0.3) is 0 Å². The Morgan fingerprint density at radius 2 is 2.14 bits per heavy atom. The van der Waals surface area contributed by atoms with E-state index in [1.54, 1.807) is 18.4 Å². The van der Waals surface area contributed by atoms with Crippen LogP contribution in [0.2, 0.25) is 0 Å². The van der Waals surface area contributed by atoms with Gasteiger partial charge in [-0.15, -0.1) is 0 Å². The number of furan rings is 1. The number of hydrogen-bond donors (Lipinski definition) is 3. The molecule has 1 aromatic rings. The van der Waals surface area contributed by atoms with Crippen LogP contribution in [0, 0.1) is 17.8 Å². The minimum Gasteiger partial charge on any atom is -0.481 e. The highest BCUT2D eigenvalue weighted by Crippen LogP contribution is 2.48. The molecular formula is C15H20N2O4. The van der Waals surface area contributed by atoms with E-state index >= 15 is 0 Å². The molecule has 2 fully saturated rings. The van der Waals surface area contributed by atoms with Gasteiger partial charge in [-0.2, -0.15) is 0 Å². The third-order valence-corrected chi connectivity index (χ3v) is 4.74. The Morgan fingerprint density at radius 3 is 2.86 bits per heavy atom. The summed E-state index contributed by atoms with van der Waals surface area (Å²) in [4.78, 5) is 23.2. The number of aliphatic carboxylic acids is 1. The first-order chi connectivity index (χ1) is 10.1. The molecule has 1 aromatic heterocycles. The van der Waals surface area contributed by atoms with E-state index in [-0.39, 0.29) is 30.3 Å². The molecule has 4 unspecified atom stereocenters. The van der Waals surface area contributed by atoms with Gasteiger partial charge in [-0.25, -0.2) is 0 Å². The van der Waals surface area contributed by atoms with Crippen LogP contribution in [0.1, 0.15) is 25.0 Å². The molecule has 21 heavy (non-hydrogen) atoms. The van der Waals surface area contributed by atoms with Crippen LogP contribution >= 0.6 is 0 Å². The molecule has 4 atom stereocenters. The summed E-state index contributed by atoms with van der Waals surface area (Å²) in [7, 11) is 0. The maximum atomic E-state index is 11.8. The van der Waals surface area contributed by atoms with Crippen LogP contribution in [0.15, 0.2) is 22.8 Å². The predicted molar refractivity (Wildman–Crippen MR) is 74.3 cm³/mol. The molecule has 0 radical (unpaired) electrons. The lowest BCUT2D eigenvalue weighted by Gasteiger charge is -2.28. The third-order valence-electron chi connectivity index (χ3n) is 4.74. The van der Waals surface area contributed by atoms with E-state index < -0.39 is 5.97 Å². The van der Waals surface area contributed by atoms with Gasteiger partial charge in [0.15, 0.2) is 0 Å². The van der Waals surface area contributed by atoms with Crippen LogP contribution in [-0.4, -0.2) is 29.6 Å². The molecule has 2 saturated carbocycles. The molecule has 0 aromatic carbocycles. The third kappa shape index (κ3) is 2.95. The van der Waals surface area contributed by atoms with Crippen molar-refractivity contribution in [3.63, 3.8) is 0 Å². The normalized spacial score (nSPS) is 30.5. The van der Waals surface area contributed by atoms with Crippen LogP contribution in [0.3, 0.4) is 0 Å². The number of carboxylic acid groups (broad SMARTS) is 1. The lowest BCUT2D eigenvalue weighted by atomic mass is 9.84. The van der Waals surface area contributed by atoms with Crippen molar-refractivity contribution in [1.82, 2.24) is 10.6 Å². The summed E-state index contributed by atoms with van der Waals surface area (Å²) in [5, 5.41) is 15.3. The standard InChI is InChI=1S/C15H20N2O4/c18-12(16-7-11-2-1-5-21-11)8-17-14-10-4-3-9(6-10)13(14)15(19)20/h1-2,5,9-10,13-14,17H,3-4,6-8H2,(H,16,18)(H,19,20). The fraction of sp³-hybridized carbons (Fsp3) is 0.600. The van der Waals surface area contributed by atoms with E-state index in [2.05, 4.69) is 10.6 Å². The molecule has 0 aliphatic heterocycles. The number of carbonyl (C=O) groups excluding carboxylic acids is 1. The van der Waals surface area contributed by atoms with Gasteiger partial charge in [0.05, 0.1) is 25.3 Å². The van der Waals surface area contributed by atoms with Gasteiger partial charge in [0.2, 0.25) is 5.91 Å². The Labute approximate surface area is 122 Å². The van der Waals surface area contributed by atoms with Crippen molar-refractivity contribution in [3.8, 4) is 0 Å². The van der Waals surface area contributed by atoms with Crippen molar-refractivity contribution in [2.75, 3.05) is 6.54 Å². The predicted octanol–water partition coefficient (Wildman–Crippen LogP) is 0.985. The lowest BCUT2D eigenvalue weighted by Crippen LogP contribution is -2.47. The van der Waals surface area contributed by atoms with Crippen molar-refractivity contribution in [2.24, 2.45) is 17.8 Å². The fourth-order valence-electron chi connectivity index (χ4n) is 3.81. The van der Waals surface area contributed by atoms with Gasteiger partial charge < -0.3 is 20.2 Å². The Kier molecular flexibility index (Phi) is 3.96. The molecule has 3 N–H and O–H groups in total. The largest absolute Gasteiger partial charge is 0.481 e. The monoisotopic (exact) mass is 292 g/mol. The maximum Gasteiger partial charge on any atom is 0.308 e. The molecule has 1 heterocycles. The molecule has 1 amide bonds. The Bertz CT molecular complexity index is 514. The number of carbonyl (C=O) groups is 2. The van der Waals surface area contributed by atoms with Crippen molar-refractivity contribution < 1.29 is 19.1 Å². The van der Waals surface area contributed by atoms with Crippen LogP contribution in [-0.2, 0) is 16.1 Å². The van der Waals surface area contributed by atoms with Gasteiger partial charge in [-0.1, -0.05) is 0 Å². The topological polar surface area (TPSA) is 91.6 Å². The highest BCUT2D eigenvalue weighted by Gasteiger charge is 2.50. The first-order valence-electron chi connectivity index (χ1n) is 7.40. The molecule has 3 rings (SSSR count). The number of carboxylic acids is 1. The van der Waals surface area contributed by atoms with Gasteiger partial charge in [-0.3, -0.25) is 9.59 Å². The Morgan fingerprint density at radius 1 is 1.33 bits per heavy atom. The van der Waals surface area contributed by atoms with Crippen LogP contribution in [0.25, 0.3) is 0 Å². The number of hydrogen-bond acceptors (Lipinski definition) is 4. The lowest BCUT2D eigenvalue weighted by molar-refractivity contribution is -0.144. The summed E-state index contributed by atoms with van der Waals surface area (Å²) in [5.41, 5.74) is 0. The van der Waals surface area contributed by atoms with Crippen molar-refractivity contribution >= 4 is 11.9 Å².